The van der Waals surface area contributed by atoms with Crippen molar-refractivity contribution >= 4 is 23.8 Å². The maximum atomic E-state index is 11.5. The van der Waals surface area contributed by atoms with Gasteiger partial charge < -0.3 is 14.2 Å². The molecule has 27 heavy (non-hydrogen) atoms. The molecule has 0 saturated carbocycles. The summed E-state index contributed by atoms with van der Waals surface area (Å²) in [5.41, 5.74) is 3.01. The number of carbonyl (C=O) groups is 2. The zero-order valence-corrected chi connectivity index (χ0v) is 15.9. The van der Waals surface area contributed by atoms with Crippen LogP contribution in [0.25, 0.3) is 0 Å². The summed E-state index contributed by atoms with van der Waals surface area (Å²) in [6.07, 6.45) is 1.56. The van der Waals surface area contributed by atoms with Crippen LogP contribution in [0.5, 0.6) is 5.75 Å². The Morgan fingerprint density at radius 1 is 1.11 bits per heavy atom. The molecule has 6 heteroatoms. The molecule has 0 atom stereocenters. The van der Waals surface area contributed by atoms with E-state index in [-0.39, 0.29) is 18.7 Å². The monoisotopic (exact) mass is 369 g/mol. The van der Waals surface area contributed by atoms with Crippen LogP contribution in [0, 0.1) is 6.92 Å². The lowest BCUT2D eigenvalue weighted by atomic mass is 10.1. The van der Waals surface area contributed by atoms with E-state index >= 15 is 0 Å². The van der Waals surface area contributed by atoms with E-state index in [4.69, 9.17) is 14.2 Å². The van der Waals surface area contributed by atoms with Gasteiger partial charge in [0, 0.05) is 6.21 Å². The number of methoxy groups -OCH3 is 1. The van der Waals surface area contributed by atoms with Gasteiger partial charge in [0.25, 0.3) is 0 Å². The van der Waals surface area contributed by atoms with Crippen molar-refractivity contribution in [2.24, 2.45) is 4.99 Å². The normalized spacial score (nSPS) is 10.9. The molecule has 142 valence electrons. The largest absolute Gasteiger partial charge is 0.482 e. The van der Waals surface area contributed by atoms with Crippen molar-refractivity contribution in [2.45, 2.75) is 26.9 Å². The van der Waals surface area contributed by atoms with Gasteiger partial charge >= 0.3 is 11.9 Å². The molecular formula is C21H23NO5. The lowest BCUT2D eigenvalue weighted by molar-refractivity contribution is -0.149. The van der Waals surface area contributed by atoms with E-state index in [9.17, 15) is 9.59 Å². The molecule has 0 aliphatic carbocycles. The van der Waals surface area contributed by atoms with Crippen LogP contribution in [0.1, 0.15) is 35.3 Å². The average molecular weight is 369 g/mol. The summed E-state index contributed by atoms with van der Waals surface area (Å²) in [6, 6.07) is 12.4. The van der Waals surface area contributed by atoms with Gasteiger partial charge in [0.15, 0.2) is 6.61 Å². The number of carbonyl (C=O) groups excluding carboxylic acids is 2. The molecule has 0 amide bonds. The molecule has 0 aliphatic heterocycles. The van der Waals surface area contributed by atoms with Crippen LogP contribution in [-0.4, -0.2) is 38.0 Å². The van der Waals surface area contributed by atoms with Gasteiger partial charge in [-0.2, -0.15) is 0 Å². The molecule has 0 aromatic heterocycles. The van der Waals surface area contributed by atoms with Crippen molar-refractivity contribution in [3.63, 3.8) is 0 Å². The molecule has 0 spiro atoms. The number of rotatable bonds is 7. The van der Waals surface area contributed by atoms with E-state index in [2.05, 4.69) is 4.99 Å². The zero-order chi connectivity index (χ0) is 19.8. The van der Waals surface area contributed by atoms with Crippen LogP contribution in [0.3, 0.4) is 0 Å². The van der Waals surface area contributed by atoms with E-state index in [0.717, 1.165) is 16.8 Å². The van der Waals surface area contributed by atoms with Crippen molar-refractivity contribution in [1.82, 2.24) is 0 Å². The van der Waals surface area contributed by atoms with Gasteiger partial charge in [-0.3, -0.25) is 4.99 Å². The fourth-order valence-corrected chi connectivity index (χ4v) is 2.28. The van der Waals surface area contributed by atoms with Gasteiger partial charge in [-0.05, 0) is 74.4 Å². The Bertz CT molecular complexity index is 825. The molecule has 0 aliphatic rings. The molecule has 0 N–H and O–H groups in total. The van der Waals surface area contributed by atoms with Crippen molar-refractivity contribution in [2.75, 3.05) is 13.7 Å². The summed E-state index contributed by atoms with van der Waals surface area (Å²) in [4.78, 5) is 27.5. The van der Waals surface area contributed by atoms with E-state index in [1.165, 1.54) is 7.11 Å². The first-order valence-electron chi connectivity index (χ1n) is 8.54. The van der Waals surface area contributed by atoms with E-state index in [1.54, 1.807) is 50.4 Å². The number of ether oxygens (including phenoxy) is 3. The molecule has 0 unspecified atom stereocenters. The smallest absolute Gasteiger partial charge is 0.344 e. The highest BCUT2D eigenvalue weighted by atomic mass is 16.6. The molecule has 2 rings (SSSR count). The number of nitrogens with zero attached hydrogens (tertiary/aromatic N) is 1. The predicted molar refractivity (Wildman–Crippen MR) is 103 cm³/mol. The fourth-order valence-electron chi connectivity index (χ4n) is 2.28. The van der Waals surface area contributed by atoms with E-state index < -0.39 is 5.97 Å². The van der Waals surface area contributed by atoms with Crippen LogP contribution in [-0.2, 0) is 14.3 Å². The second-order valence-electron chi connectivity index (χ2n) is 6.15. The number of benzene rings is 2. The summed E-state index contributed by atoms with van der Waals surface area (Å²) in [7, 11) is 1.35. The van der Waals surface area contributed by atoms with Crippen LogP contribution < -0.4 is 4.74 Å². The molecule has 0 fully saturated rings. The Balaban J connectivity index is 1.98. The second kappa shape index (κ2) is 9.52. The number of hydrogen-bond donors (Lipinski definition) is 0. The molecule has 2 aromatic rings. The summed E-state index contributed by atoms with van der Waals surface area (Å²) in [5.74, 6) is -0.200. The SMILES string of the molecule is COC(=O)c1ccc(N=Cc2ccc(OCC(=O)OC(C)C)cc2)c(C)c1. The van der Waals surface area contributed by atoms with Crippen molar-refractivity contribution in [3.8, 4) is 5.75 Å². The Hall–Kier alpha value is -3.15. The first-order valence-corrected chi connectivity index (χ1v) is 8.54. The summed E-state index contributed by atoms with van der Waals surface area (Å²) in [6.45, 7) is 5.33. The van der Waals surface area contributed by atoms with Crippen molar-refractivity contribution in [3.05, 3.63) is 59.2 Å². The number of aryl methyl sites for hydroxylation is 1. The molecule has 0 bridgehead atoms. The van der Waals surface area contributed by atoms with Crippen LogP contribution in [0.4, 0.5) is 5.69 Å². The summed E-state index contributed by atoms with van der Waals surface area (Å²) < 4.78 is 15.1. The van der Waals surface area contributed by atoms with Crippen LogP contribution >= 0.6 is 0 Å². The summed E-state index contributed by atoms with van der Waals surface area (Å²) in [5, 5.41) is 0. The number of hydrogen-bond acceptors (Lipinski definition) is 6. The lowest BCUT2D eigenvalue weighted by Crippen LogP contribution is -2.18. The zero-order valence-electron chi connectivity index (χ0n) is 15.9. The minimum atomic E-state index is -0.401. The third kappa shape index (κ3) is 6.26. The van der Waals surface area contributed by atoms with Gasteiger partial charge in [-0.25, -0.2) is 9.59 Å². The Morgan fingerprint density at radius 3 is 2.41 bits per heavy atom. The second-order valence-corrected chi connectivity index (χ2v) is 6.15. The Kier molecular flexibility index (Phi) is 7.11. The Labute approximate surface area is 158 Å². The van der Waals surface area contributed by atoms with Gasteiger partial charge in [0.1, 0.15) is 5.75 Å². The lowest BCUT2D eigenvalue weighted by Gasteiger charge is -2.09. The van der Waals surface area contributed by atoms with Crippen molar-refractivity contribution in [1.29, 1.82) is 0 Å². The number of esters is 2. The van der Waals surface area contributed by atoms with Crippen molar-refractivity contribution < 1.29 is 23.8 Å². The Morgan fingerprint density at radius 2 is 1.81 bits per heavy atom. The molecular weight excluding hydrogens is 346 g/mol. The van der Waals surface area contributed by atoms with Gasteiger partial charge in [-0.15, -0.1) is 0 Å². The molecule has 0 saturated heterocycles. The fraction of sp³-hybridized carbons (Fsp3) is 0.286. The quantitative estimate of drug-likeness (QED) is 0.547. The minimum Gasteiger partial charge on any atom is -0.482 e. The average Bonchev–Trinajstić information content (AvgIpc) is 2.65. The minimum absolute atomic E-state index is 0.128. The molecule has 0 heterocycles. The van der Waals surface area contributed by atoms with Crippen LogP contribution in [0.2, 0.25) is 0 Å². The number of aliphatic imine (C=N–C) groups is 1. The van der Waals surface area contributed by atoms with Gasteiger partial charge in [0.2, 0.25) is 0 Å². The summed E-state index contributed by atoms with van der Waals surface area (Å²) >= 11 is 0. The maximum absolute atomic E-state index is 11.5. The third-order valence-electron chi connectivity index (χ3n) is 3.57. The van der Waals surface area contributed by atoms with E-state index in [0.29, 0.717) is 11.3 Å². The molecule has 2 aromatic carbocycles. The van der Waals surface area contributed by atoms with Gasteiger partial charge in [-0.1, -0.05) is 0 Å². The standard InChI is InChI=1S/C21H23NO5/c1-14(2)27-20(23)13-26-18-8-5-16(6-9-18)12-22-19-10-7-17(11-15(19)3)21(24)25-4/h5-12,14H,13H2,1-4H3. The molecule has 0 radical (unpaired) electrons. The first kappa shape index (κ1) is 20.2. The highest BCUT2D eigenvalue weighted by Gasteiger charge is 2.07. The highest BCUT2D eigenvalue weighted by molar-refractivity contribution is 5.90. The van der Waals surface area contributed by atoms with Crippen LogP contribution in [0.15, 0.2) is 47.5 Å². The maximum Gasteiger partial charge on any atom is 0.344 e. The topological polar surface area (TPSA) is 74.2 Å². The predicted octanol–water partition coefficient (Wildman–Crippen LogP) is 3.86. The third-order valence-corrected chi connectivity index (χ3v) is 3.57. The van der Waals surface area contributed by atoms with E-state index in [1.807, 2.05) is 19.1 Å². The van der Waals surface area contributed by atoms with Gasteiger partial charge in [0.05, 0.1) is 24.5 Å². The first-order chi connectivity index (χ1) is 12.9. The highest BCUT2D eigenvalue weighted by Crippen LogP contribution is 2.20. The molecule has 6 nitrogen and oxygen atoms in total.